The first kappa shape index (κ1) is 64.3. The number of carboxylic acids is 3. The van der Waals surface area contributed by atoms with Crippen molar-refractivity contribution in [1.82, 2.24) is 0 Å². The Morgan fingerprint density at radius 3 is 1.05 bits per heavy atom. The molecular formula is C65H63N3O18. The van der Waals surface area contributed by atoms with Crippen LogP contribution in [0.25, 0.3) is 0 Å². The lowest BCUT2D eigenvalue weighted by Crippen LogP contribution is -2.19. The molecule has 0 aromatic heterocycles. The largest absolute Gasteiger partial charge is 0.497 e. The van der Waals surface area contributed by atoms with Crippen molar-refractivity contribution in [3.05, 3.63) is 228 Å². The van der Waals surface area contributed by atoms with Crippen LogP contribution in [0.2, 0.25) is 0 Å². The van der Waals surface area contributed by atoms with Gasteiger partial charge in [-0.2, -0.15) is 0 Å². The highest BCUT2D eigenvalue weighted by Crippen LogP contribution is 2.27. The minimum absolute atomic E-state index is 0.0379. The average molecular weight is 1170 g/mol. The summed E-state index contributed by atoms with van der Waals surface area (Å²) in [5.74, 6) is 0.112. The van der Waals surface area contributed by atoms with E-state index in [1.807, 2.05) is 42.5 Å². The quantitative estimate of drug-likeness (QED) is 0.0238. The minimum Gasteiger partial charge on any atom is -0.497 e. The number of aromatic carboxylic acids is 3. The molecule has 0 atom stereocenters. The molecule has 6 N–H and O–H groups in total. The fraction of sp³-hybridized carbons (Fsp3) is 0.169. The number of nitrogens with one attached hydrogen (secondary N) is 3. The monoisotopic (exact) mass is 1170 g/mol. The summed E-state index contributed by atoms with van der Waals surface area (Å²) in [4.78, 5) is 68.8. The van der Waals surface area contributed by atoms with Crippen LogP contribution in [0.3, 0.4) is 0 Å². The van der Waals surface area contributed by atoms with Crippen LogP contribution in [0.4, 0.5) is 17.1 Å². The normalized spacial score (nSPS) is 10.2. The second-order valence-electron chi connectivity index (χ2n) is 17.8. The summed E-state index contributed by atoms with van der Waals surface area (Å²) < 4.78 is 49.0. The van der Waals surface area contributed by atoms with Crippen molar-refractivity contribution in [3.63, 3.8) is 0 Å². The number of carbonyl (C=O) groups is 6. The zero-order chi connectivity index (χ0) is 61.3. The Morgan fingerprint density at radius 1 is 0.349 bits per heavy atom. The summed E-state index contributed by atoms with van der Waals surface area (Å²) in [6.07, 6.45) is 0. The molecule has 0 fully saturated rings. The first-order valence-corrected chi connectivity index (χ1v) is 26.5. The van der Waals surface area contributed by atoms with Gasteiger partial charge >= 0.3 is 17.9 Å². The van der Waals surface area contributed by atoms with Gasteiger partial charge in [0.25, 0.3) is 5.91 Å². The number of hydrogen-bond acceptors (Lipinski definition) is 15. The first-order chi connectivity index (χ1) is 41.8. The van der Waals surface area contributed by atoms with Crippen molar-refractivity contribution in [2.24, 2.45) is 0 Å². The third kappa shape index (κ3) is 22.5. The number of benzene rings is 8. The molecule has 0 saturated carbocycles. The molecule has 446 valence electrons. The highest BCUT2D eigenvalue weighted by Gasteiger charge is 2.13. The Kier molecular flexibility index (Phi) is 26.3. The predicted octanol–water partition coefficient (Wildman–Crippen LogP) is 10.5. The standard InChI is InChI=1S/C24H23NO6.C23H21NO6.C18H19NO6/c26-23(17-29-16-18-6-2-1-3-7-18)25-21-8-4-5-9-22(21)31-15-14-30-20-12-10-19(11-13-20)24(27)28;1-28-18-10-6-16(7-11-18)22(25)24-20-4-2-3-5-21(20)30-15-14-29-19-12-8-17(9-13-19)23(26)27;1-23-12-17(20)19-15-4-2-3-5-16(15)25-11-10-24-14-8-6-13(7-9-14)18(21)22/h1-13H,14-17H2,(H,25,26)(H,27,28);2-13H,14-15H2,1H3,(H,24,25)(H,26,27);2-9H,10-12H2,1H3,(H,19,20)(H,21,22). The van der Waals surface area contributed by atoms with Gasteiger partial charge in [-0.05, 0) is 139 Å². The zero-order valence-corrected chi connectivity index (χ0v) is 46.9. The maximum absolute atomic E-state index is 12.5. The number of anilines is 3. The van der Waals surface area contributed by atoms with E-state index in [-0.39, 0.29) is 87.3 Å². The number of hydrogen-bond donors (Lipinski definition) is 6. The van der Waals surface area contributed by atoms with Gasteiger partial charge in [0.15, 0.2) is 0 Å². The predicted molar refractivity (Wildman–Crippen MR) is 319 cm³/mol. The van der Waals surface area contributed by atoms with E-state index in [4.69, 9.17) is 58.0 Å². The third-order valence-electron chi connectivity index (χ3n) is 11.6. The molecule has 0 aliphatic rings. The number of methoxy groups -OCH3 is 2. The van der Waals surface area contributed by atoms with Crippen LogP contribution < -0.4 is 49.1 Å². The number of para-hydroxylation sites is 6. The van der Waals surface area contributed by atoms with Gasteiger partial charge in [-0.3, -0.25) is 14.4 Å². The van der Waals surface area contributed by atoms with Gasteiger partial charge in [-0.1, -0.05) is 66.7 Å². The third-order valence-corrected chi connectivity index (χ3v) is 11.6. The SMILES string of the molecule is COCC(=O)Nc1ccccc1OCCOc1ccc(C(=O)O)cc1.COc1ccc(C(=O)Nc2ccccc2OCCOc2ccc(C(=O)O)cc2)cc1.O=C(COCc1ccccc1)Nc1ccccc1OCCOc1ccc(C(=O)O)cc1. The second kappa shape index (κ2) is 35.2. The molecule has 8 aromatic carbocycles. The van der Waals surface area contributed by atoms with Crippen molar-refractivity contribution < 1.29 is 86.7 Å². The smallest absolute Gasteiger partial charge is 0.335 e. The Morgan fingerprint density at radius 2 is 0.674 bits per heavy atom. The van der Waals surface area contributed by atoms with E-state index in [0.717, 1.165) is 5.56 Å². The molecule has 0 spiro atoms. The van der Waals surface area contributed by atoms with Gasteiger partial charge in [0.1, 0.15) is 93.1 Å². The molecule has 21 heteroatoms. The van der Waals surface area contributed by atoms with Crippen LogP contribution in [0.15, 0.2) is 200 Å². The lowest BCUT2D eigenvalue weighted by atomic mass is 10.2. The molecule has 0 bridgehead atoms. The topological polar surface area (TPSA) is 282 Å². The van der Waals surface area contributed by atoms with E-state index in [1.54, 1.807) is 128 Å². The first-order valence-electron chi connectivity index (χ1n) is 26.5. The molecule has 0 aliphatic carbocycles. The highest BCUT2D eigenvalue weighted by molar-refractivity contribution is 6.05. The number of amides is 3. The number of carbonyl (C=O) groups excluding carboxylic acids is 3. The van der Waals surface area contributed by atoms with Crippen LogP contribution >= 0.6 is 0 Å². The van der Waals surface area contributed by atoms with E-state index in [0.29, 0.717) is 69.5 Å². The lowest BCUT2D eigenvalue weighted by molar-refractivity contribution is -0.121. The van der Waals surface area contributed by atoms with Gasteiger partial charge in [0, 0.05) is 12.7 Å². The summed E-state index contributed by atoms with van der Waals surface area (Å²) in [5, 5.41) is 35.0. The van der Waals surface area contributed by atoms with E-state index >= 15 is 0 Å². The number of ether oxygens (including phenoxy) is 9. The summed E-state index contributed by atoms with van der Waals surface area (Å²) >= 11 is 0. The van der Waals surface area contributed by atoms with E-state index in [1.165, 1.54) is 43.5 Å². The van der Waals surface area contributed by atoms with Gasteiger partial charge in [0.2, 0.25) is 11.8 Å². The minimum atomic E-state index is -0.988. The molecule has 0 aliphatic heterocycles. The van der Waals surface area contributed by atoms with E-state index < -0.39 is 17.9 Å². The van der Waals surface area contributed by atoms with Crippen LogP contribution in [0.1, 0.15) is 47.0 Å². The van der Waals surface area contributed by atoms with Gasteiger partial charge in [-0.25, -0.2) is 14.4 Å². The molecule has 0 heterocycles. The summed E-state index contributed by atoms with van der Waals surface area (Å²) in [7, 11) is 3.01. The molecule has 0 unspecified atom stereocenters. The molecule has 21 nitrogen and oxygen atoms in total. The number of rotatable bonds is 29. The Bertz CT molecular complexity index is 3420. The fourth-order valence-corrected chi connectivity index (χ4v) is 7.38. The zero-order valence-electron chi connectivity index (χ0n) is 46.9. The number of carboxylic acid groups (broad SMARTS) is 3. The maximum atomic E-state index is 12.5. The molecule has 0 saturated heterocycles. The van der Waals surface area contributed by atoms with Crippen LogP contribution in [-0.4, -0.2) is 118 Å². The fourth-order valence-electron chi connectivity index (χ4n) is 7.38. The maximum Gasteiger partial charge on any atom is 0.335 e. The van der Waals surface area contributed by atoms with Crippen LogP contribution in [0, 0.1) is 0 Å². The van der Waals surface area contributed by atoms with Crippen LogP contribution in [0.5, 0.6) is 40.2 Å². The summed E-state index contributed by atoms with van der Waals surface area (Å²) in [6.45, 7) is 1.79. The second-order valence-corrected chi connectivity index (χ2v) is 17.8. The van der Waals surface area contributed by atoms with Crippen LogP contribution in [-0.2, 0) is 25.7 Å². The average Bonchev–Trinajstić information content (AvgIpc) is 3.72. The van der Waals surface area contributed by atoms with Crippen molar-refractivity contribution in [2.75, 3.05) is 83.0 Å². The van der Waals surface area contributed by atoms with Crippen molar-refractivity contribution >= 4 is 52.7 Å². The summed E-state index contributed by atoms with van der Waals surface area (Å²) in [5.41, 5.74) is 3.72. The van der Waals surface area contributed by atoms with Crippen molar-refractivity contribution in [2.45, 2.75) is 6.61 Å². The highest BCUT2D eigenvalue weighted by atomic mass is 16.5. The lowest BCUT2D eigenvalue weighted by Gasteiger charge is -2.13. The molecule has 8 aromatic rings. The molecule has 3 amide bonds. The van der Waals surface area contributed by atoms with Gasteiger partial charge in [-0.15, -0.1) is 0 Å². The molecule has 0 radical (unpaired) electrons. The summed E-state index contributed by atoms with van der Waals surface area (Å²) in [6, 6.07) is 56.1. The van der Waals surface area contributed by atoms with Gasteiger partial charge in [0.05, 0.1) is 47.5 Å². The van der Waals surface area contributed by atoms with Crippen molar-refractivity contribution in [1.29, 1.82) is 0 Å². The molecule has 86 heavy (non-hydrogen) atoms. The molecule has 8 rings (SSSR count). The Labute approximate surface area is 495 Å². The molecular weight excluding hydrogens is 1110 g/mol. The van der Waals surface area contributed by atoms with Crippen molar-refractivity contribution in [3.8, 4) is 40.2 Å². The van der Waals surface area contributed by atoms with Gasteiger partial charge < -0.3 is 73.9 Å². The Hall–Kier alpha value is -10.9. The Balaban J connectivity index is 0.000000208. The van der Waals surface area contributed by atoms with E-state index in [2.05, 4.69) is 16.0 Å². The van der Waals surface area contributed by atoms with E-state index in [9.17, 15) is 28.8 Å².